The largest absolute Gasteiger partial charge is 0.378 e. The van der Waals surface area contributed by atoms with Crippen molar-refractivity contribution in [1.82, 2.24) is 15.3 Å². The predicted octanol–water partition coefficient (Wildman–Crippen LogP) is 1.62. The van der Waals surface area contributed by atoms with Crippen LogP contribution in [0.4, 0.5) is 5.82 Å². The third-order valence-electron chi connectivity index (χ3n) is 4.65. The number of hydrogen-bond donors (Lipinski definition) is 1. The molecule has 3 rings (SSSR count). The number of anilines is 1. The Balaban J connectivity index is 1.67. The lowest BCUT2D eigenvalue weighted by Crippen LogP contribution is -2.41. The number of nitrogens with one attached hydrogen (secondary N) is 1. The van der Waals surface area contributed by atoms with Crippen LogP contribution in [0.25, 0.3) is 0 Å². The summed E-state index contributed by atoms with van der Waals surface area (Å²) in [4.78, 5) is 23.0. The van der Waals surface area contributed by atoms with Crippen molar-refractivity contribution in [2.24, 2.45) is 5.92 Å². The first-order valence-electron chi connectivity index (χ1n) is 8.19. The summed E-state index contributed by atoms with van der Waals surface area (Å²) in [5.41, 5.74) is 0.453. The zero-order valence-corrected chi connectivity index (χ0v) is 13.1. The van der Waals surface area contributed by atoms with Gasteiger partial charge in [-0.3, -0.25) is 4.79 Å². The van der Waals surface area contributed by atoms with Crippen molar-refractivity contribution >= 4 is 11.7 Å². The van der Waals surface area contributed by atoms with Crippen molar-refractivity contribution in [3.05, 3.63) is 18.1 Å². The molecule has 1 N–H and O–H groups in total. The van der Waals surface area contributed by atoms with Crippen molar-refractivity contribution in [1.29, 1.82) is 0 Å². The van der Waals surface area contributed by atoms with Gasteiger partial charge in [0, 0.05) is 25.2 Å². The molecule has 22 heavy (non-hydrogen) atoms. The van der Waals surface area contributed by atoms with Crippen LogP contribution in [0.3, 0.4) is 0 Å². The summed E-state index contributed by atoms with van der Waals surface area (Å²) in [6, 6.07) is 2.05. The highest BCUT2D eigenvalue weighted by Crippen LogP contribution is 2.24. The molecule has 0 bridgehead atoms. The molecule has 2 fully saturated rings. The average molecular weight is 304 g/mol. The summed E-state index contributed by atoms with van der Waals surface area (Å²) in [6.07, 6.45) is 6.19. The smallest absolute Gasteiger partial charge is 0.270 e. The number of carbonyl (C=O) groups excluding carboxylic acids is 1. The molecule has 1 saturated heterocycles. The molecular weight excluding hydrogens is 280 g/mol. The van der Waals surface area contributed by atoms with Crippen molar-refractivity contribution < 1.29 is 9.53 Å². The van der Waals surface area contributed by atoms with Gasteiger partial charge in [0.25, 0.3) is 5.91 Å². The number of nitrogens with zero attached hydrogens (tertiary/aromatic N) is 3. The van der Waals surface area contributed by atoms with E-state index >= 15 is 0 Å². The zero-order chi connectivity index (χ0) is 15.4. The van der Waals surface area contributed by atoms with E-state index in [1.165, 1.54) is 25.6 Å². The molecule has 2 atom stereocenters. The van der Waals surface area contributed by atoms with Crippen molar-refractivity contribution in [3.8, 4) is 0 Å². The van der Waals surface area contributed by atoms with E-state index < -0.39 is 0 Å². The van der Waals surface area contributed by atoms with E-state index in [-0.39, 0.29) is 11.9 Å². The van der Waals surface area contributed by atoms with Crippen LogP contribution in [0, 0.1) is 5.92 Å². The van der Waals surface area contributed by atoms with Crippen LogP contribution < -0.4 is 10.2 Å². The highest BCUT2D eigenvalue weighted by atomic mass is 16.5. The maximum atomic E-state index is 12.4. The number of amides is 1. The van der Waals surface area contributed by atoms with Crippen LogP contribution >= 0.6 is 0 Å². The minimum atomic E-state index is -0.0874. The van der Waals surface area contributed by atoms with Crippen LogP contribution in [0.5, 0.6) is 0 Å². The molecule has 2 aliphatic rings. The molecule has 2 heterocycles. The Hall–Kier alpha value is -1.69. The first-order chi connectivity index (χ1) is 10.7. The van der Waals surface area contributed by atoms with E-state index in [9.17, 15) is 4.79 Å². The van der Waals surface area contributed by atoms with Crippen LogP contribution in [-0.4, -0.2) is 48.2 Å². The van der Waals surface area contributed by atoms with Gasteiger partial charge in [0.2, 0.25) is 0 Å². The Labute approximate surface area is 131 Å². The van der Waals surface area contributed by atoms with Crippen LogP contribution in [-0.2, 0) is 4.74 Å². The maximum Gasteiger partial charge on any atom is 0.270 e. The lowest BCUT2D eigenvalue weighted by molar-refractivity contribution is 0.0905. The Morgan fingerprint density at radius 1 is 1.27 bits per heavy atom. The molecule has 2 unspecified atom stereocenters. The first kappa shape index (κ1) is 15.2. The van der Waals surface area contributed by atoms with E-state index in [1.807, 2.05) is 0 Å². The topological polar surface area (TPSA) is 67.4 Å². The van der Waals surface area contributed by atoms with E-state index in [4.69, 9.17) is 4.74 Å². The summed E-state index contributed by atoms with van der Waals surface area (Å²) in [5.74, 6) is 1.26. The molecule has 0 spiro atoms. The minimum absolute atomic E-state index is 0.0874. The number of morpholine rings is 1. The van der Waals surface area contributed by atoms with Crippen molar-refractivity contribution in [2.75, 3.05) is 31.2 Å². The standard InChI is InChI=1S/C16H24N4O2/c1-12-4-2-3-5-13(12)19-16(21)14-10-15(18-11-17-14)20-6-8-22-9-7-20/h10-13H,2-9H2,1H3,(H,19,21). The van der Waals surface area contributed by atoms with Gasteiger partial charge in [0.15, 0.2) is 0 Å². The lowest BCUT2D eigenvalue weighted by atomic mass is 9.86. The number of rotatable bonds is 3. The van der Waals surface area contributed by atoms with Gasteiger partial charge in [-0.25, -0.2) is 9.97 Å². The molecule has 1 amide bonds. The highest BCUT2D eigenvalue weighted by Gasteiger charge is 2.24. The molecule has 120 valence electrons. The van der Waals surface area contributed by atoms with Gasteiger partial charge >= 0.3 is 0 Å². The van der Waals surface area contributed by atoms with Gasteiger partial charge < -0.3 is 15.0 Å². The third-order valence-corrected chi connectivity index (χ3v) is 4.65. The fourth-order valence-electron chi connectivity index (χ4n) is 3.21. The second-order valence-corrected chi connectivity index (χ2v) is 6.20. The Kier molecular flexibility index (Phi) is 4.87. The minimum Gasteiger partial charge on any atom is -0.378 e. The summed E-state index contributed by atoms with van der Waals surface area (Å²) >= 11 is 0. The van der Waals surface area contributed by atoms with E-state index in [0.717, 1.165) is 25.3 Å². The molecule has 6 nitrogen and oxygen atoms in total. The second-order valence-electron chi connectivity index (χ2n) is 6.20. The Morgan fingerprint density at radius 2 is 2.05 bits per heavy atom. The van der Waals surface area contributed by atoms with Gasteiger partial charge in [-0.1, -0.05) is 19.8 Å². The normalized spacial score (nSPS) is 25.8. The van der Waals surface area contributed by atoms with Gasteiger partial charge in [0.05, 0.1) is 13.2 Å². The third kappa shape index (κ3) is 3.55. The Morgan fingerprint density at radius 3 is 2.82 bits per heavy atom. The van der Waals surface area contributed by atoms with E-state index in [0.29, 0.717) is 24.8 Å². The van der Waals surface area contributed by atoms with Gasteiger partial charge in [-0.15, -0.1) is 0 Å². The van der Waals surface area contributed by atoms with Gasteiger partial charge in [-0.05, 0) is 18.8 Å². The number of carbonyl (C=O) groups is 1. The SMILES string of the molecule is CC1CCCCC1NC(=O)c1cc(N2CCOCC2)ncn1. The van der Waals surface area contributed by atoms with Gasteiger partial charge in [-0.2, -0.15) is 0 Å². The molecule has 1 aliphatic carbocycles. The van der Waals surface area contributed by atoms with E-state index in [2.05, 4.69) is 27.1 Å². The van der Waals surface area contributed by atoms with Crippen LogP contribution in [0.1, 0.15) is 43.1 Å². The van der Waals surface area contributed by atoms with Gasteiger partial charge in [0.1, 0.15) is 17.8 Å². The molecular formula is C16H24N4O2. The first-order valence-corrected chi connectivity index (χ1v) is 8.19. The summed E-state index contributed by atoms with van der Waals surface area (Å²) < 4.78 is 5.35. The average Bonchev–Trinajstić information content (AvgIpc) is 2.58. The molecule has 0 aromatic carbocycles. The van der Waals surface area contributed by atoms with E-state index in [1.54, 1.807) is 6.07 Å². The monoisotopic (exact) mass is 304 g/mol. The number of aromatic nitrogens is 2. The number of hydrogen-bond acceptors (Lipinski definition) is 5. The van der Waals surface area contributed by atoms with Crippen molar-refractivity contribution in [3.63, 3.8) is 0 Å². The molecule has 1 aliphatic heterocycles. The lowest BCUT2D eigenvalue weighted by Gasteiger charge is -2.30. The van der Waals surface area contributed by atoms with Crippen molar-refractivity contribution in [2.45, 2.75) is 38.6 Å². The fraction of sp³-hybridized carbons (Fsp3) is 0.688. The van der Waals surface area contributed by atoms with Crippen LogP contribution in [0.2, 0.25) is 0 Å². The second kappa shape index (κ2) is 7.05. The predicted molar refractivity (Wildman–Crippen MR) is 84.0 cm³/mol. The molecule has 0 radical (unpaired) electrons. The molecule has 1 aromatic rings. The summed E-state index contributed by atoms with van der Waals surface area (Å²) in [5, 5.41) is 3.14. The fourth-order valence-corrected chi connectivity index (χ4v) is 3.21. The highest BCUT2D eigenvalue weighted by molar-refractivity contribution is 5.93. The molecule has 6 heteroatoms. The molecule has 1 aromatic heterocycles. The zero-order valence-electron chi connectivity index (χ0n) is 13.1. The molecule has 1 saturated carbocycles. The summed E-state index contributed by atoms with van der Waals surface area (Å²) in [7, 11) is 0. The quantitative estimate of drug-likeness (QED) is 0.919. The van der Waals surface area contributed by atoms with Crippen LogP contribution in [0.15, 0.2) is 12.4 Å². The Bertz CT molecular complexity index is 517. The summed E-state index contributed by atoms with van der Waals surface area (Å²) in [6.45, 7) is 5.22. The number of ether oxygens (including phenoxy) is 1. The maximum absolute atomic E-state index is 12.4.